The third-order valence-corrected chi connectivity index (χ3v) is 2.19. The predicted octanol–water partition coefficient (Wildman–Crippen LogP) is 1.25. The van der Waals surface area contributed by atoms with Crippen LogP contribution in [0.25, 0.3) is 0 Å². The van der Waals surface area contributed by atoms with E-state index in [9.17, 15) is 5.11 Å². The lowest BCUT2D eigenvalue weighted by atomic mass is 10.2. The molecule has 1 rings (SSSR count). The molecule has 0 spiro atoms. The van der Waals surface area contributed by atoms with Crippen LogP contribution in [-0.2, 0) is 6.54 Å². The van der Waals surface area contributed by atoms with Crippen LogP contribution in [0.3, 0.4) is 0 Å². The van der Waals surface area contributed by atoms with Crippen molar-refractivity contribution >= 4 is 0 Å². The lowest BCUT2D eigenvalue weighted by Crippen LogP contribution is -2.26. The van der Waals surface area contributed by atoms with Crippen molar-refractivity contribution in [1.82, 2.24) is 5.32 Å². The lowest BCUT2D eigenvalue weighted by molar-refractivity contribution is 0.268. The van der Waals surface area contributed by atoms with Crippen molar-refractivity contribution in [2.75, 3.05) is 6.61 Å². The van der Waals surface area contributed by atoms with Crippen LogP contribution in [0.15, 0.2) is 24.3 Å². The molecular weight excluding hydrogens is 178 g/mol. The highest BCUT2D eigenvalue weighted by Crippen LogP contribution is 2.15. The monoisotopic (exact) mass is 195 g/mol. The second-order valence-electron chi connectivity index (χ2n) is 3.42. The van der Waals surface area contributed by atoms with Crippen LogP contribution in [0, 0.1) is 0 Å². The van der Waals surface area contributed by atoms with E-state index in [1.807, 2.05) is 19.1 Å². The van der Waals surface area contributed by atoms with E-state index in [2.05, 4.69) is 5.32 Å². The summed E-state index contributed by atoms with van der Waals surface area (Å²) in [6.45, 7) is 2.83. The molecule has 1 atom stereocenters. The van der Waals surface area contributed by atoms with Gasteiger partial charge in [0.1, 0.15) is 5.75 Å². The molecule has 14 heavy (non-hydrogen) atoms. The molecule has 3 N–H and O–H groups in total. The fourth-order valence-electron chi connectivity index (χ4n) is 1.24. The quantitative estimate of drug-likeness (QED) is 0.663. The predicted molar refractivity (Wildman–Crippen MR) is 56.1 cm³/mol. The smallest absolute Gasteiger partial charge is 0.120 e. The molecule has 0 saturated carbocycles. The summed E-state index contributed by atoms with van der Waals surface area (Å²) in [6.07, 6.45) is 0.730. The molecule has 0 aromatic heterocycles. The van der Waals surface area contributed by atoms with Gasteiger partial charge in [-0.1, -0.05) is 18.2 Å². The molecule has 3 heteroatoms. The van der Waals surface area contributed by atoms with Gasteiger partial charge >= 0.3 is 0 Å². The number of aliphatic hydroxyl groups excluding tert-OH is 1. The third-order valence-electron chi connectivity index (χ3n) is 2.19. The summed E-state index contributed by atoms with van der Waals surface area (Å²) in [6, 6.07) is 7.52. The van der Waals surface area contributed by atoms with E-state index < -0.39 is 0 Å². The van der Waals surface area contributed by atoms with E-state index in [-0.39, 0.29) is 12.6 Å². The highest BCUT2D eigenvalue weighted by Gasteiger charge is 2.02. The fourth-order valence-corrected chi connectivity index (χ4v) is 1.24. The number of aromatic hydroxyl groups is 1. The number of benzene rings is 1. The van der Waals surface area contributed by atoms with Gasteiger partial charge in [-0.3, -0.25) is 0 Å². The Labute approximate surface area is 84.4 Å². The average molecular weight is 195 g/mol. The number of nitrogens with one attached hydrogen (secondary N) is 1. The van der Waals surface area contributed by atoms with Crippen molar-refractivity contribution in [3.8, 4) is 5.75 Å². The topological polar surface area (TPSA) is 52.5 Å². The largest absolute Gasteiger partial charge is 0.508 e. The highest BCUT2D eigenvalue weighted by atomic mass is 16.3. The van der Waals surface area contributed by atoms with Crippen LogP contribution in [-0.4, -0.2) is 22.9 Å². The normalized spacial score (nSPS) is 12.7. The Kier molecular flexibility index (Phi) is 4.43. The molecule has 0 radical (unpaired) electrons. The summed E-state index contributed by atoms with van der Waals surface area (Å²) in [4.78, 5) is 0. The van der Waals surface area contributed by atoms with Crippen molar-refractivity contribution in [2.45, 2.75) is 25.9 Å². The summed E-state index contributed by atoms with van der Waals surface area (Å²) in [7, 11) is 0. The number of para-hydroxylation sites is 1. The fraction of sp³-hybridized carbons (Fsp3) is 0.455. The lowest BCUT2D eigenvalue weighted by Gasteiger charge is -2.12. The minimum absolute atomic E-state index is 0.189. The first-order valence-corrected chi connectivity index (χ1v) is 4.85. The van der Waals surface area contributed by atoms with Crippen molar-refractivity contribution in [2.24, 2.45) is 0 Å². The zero-order chi connectivity index (χ0) is 10.4. The number of rotatable bonds is 5. The van der Waals surface area contributed by atoms with Gasteiger partial charge in [-0.2, -0.15) is 0 Å². The van der Waals surface area contributed by atoms with Crippen LogP contribution < -0.4 is 5.32 Å². The molecule has 0 aliphatic carbocycles. The van der Waals surface area contributed by atoms with Gasteiger partial charge in [0, 0.05) is 24.8 Å². The first-order valence-electron chi connectivity index (χ1n) is 4.85. The van der Waals surface area contributed by atoms with Gasteiger partial charge in [-0.25, -0.2) is 0 Å². The zero-order valence-corrected chi connectivity index (χ0v) is 8.40. The highest BCUT2D eigenvalue weighted by molar-refractivity contribution is 5.31. The van der Waals surface area contributed by atoms with E-state index in [0.717, 1.165) is 12.0 Å². The molecule has 0 amide bonds. The number of phenols is 1. The van der Waals surface area contributed by atoms with E-state index in [1.165, 1.54) is 0 Å². The Hall–Kier alpha value is -1.06. The van der Waals surface area contributed by atoms with E-state index >= 15 is 0 Å². The maximum absolute atomic E-state index is 9.46. The van der Waals surface area contributed by atoms with E-state index in [1.54, 1.807) is 12.1 Å². The molecule has 1 aromatic carbocycles. The molecule has 0 aliphatic rings. The van der Waals surface area contributed by atoms with Crippen LogP contribution in [0.2, 0.25) is 0 Å². The molecule has 0 fully saturated rings. The van der Waals surface area contributed by atoms with Crippen LogP contribution in [0.4, 0.5) is 0 Å². The van der Waals surface area contributed by atoms with E-state index in [4.69, 9.17) is 5.11 Å². The average Bonchev–Trinajstić information content (AvgIpc) is 2.17. The van der Waals surface area contributed by atoms with Gasteiger partial charge in [0.25, 0.3) is 0 Å². The van der Waals surface area contributed by atoms with Gasteiger partial charge in [0.2, 0.25) is 0 Å². The number of hydrogen-bond acceptors (Lipinski definition) is 3. The number of phenolic OH excluding ortho intramolecular Hbond substituents is 1. The van der Waals surface area contributed by atoms with Gasteiger partial charge in [0.05, 0.1) is 0 Å². The zero-order valence-electron chi connectivity index (χ0n) is 8.40. The first-order chi connectivity index (χ1) is 6.74. The first kappa shape index (κ1) is 11.0. The molecule has 0 aliphatic heterocycles. The van der Waals surface area contributed by atoms with Crippen molar-refractivity contribution in [1.29, 1.82) is 0 Å². The minimum atomic E-state index is 0.189. The molecule has 0 heterocycles. The summed E-state index contributed by atoms with van der Waals surface area (Å²) >= 11 is 0. The summed E-state index contributed by atoms with van der Waals surface area (Å²) in [5.41, 5.74) is 0.886. The second kappa shape index (κ2) is 5.62. The summed E-state index contributed by atoms with van der Waals surface area (Å²) < 4.78 is 0. The van der Waals surface area contributed by atoms with Gasteiger partial charge in [-0.15, -0.1) is 0 Å². The molecule has 1 aromatic rings. The summed E-state index contributed by atoms with van der Waals surface area (Å²) in [5, 5.41) is 21.4. The second-order valence-corrected chi connectivity index (χ2v) is 3.42. The molecule has 0 bridgehead atoms. The molecular formula is C11H17NO2. The minimum Gasteiger partial charge on any atom is -0.508 e. The maximum atomic E-state index is 9.46. The number of aliphatic hydroxyl groups is 1. The third kappa shape index (κ3) is 3.36. The molecule has 3 nitrogen and oxygen atoms in total. The Morgan fingerprint density at radius 3 is 2.71 bits per heavy atom. The number of hydrogen-bond donors (Lipinski definition) is 3. The Balaban J connectivity index is 2.41. The van der Waals surface area contributed by atoms with Crippen molar-refractivity contribution in [3.05, 3.63) is 29.8 Å². The van der Waals surface area contributed by atoms with Crippen LogP contribution >= 0.6 is 0 Å². The molecule has 0 saturated heterocycles. The maximum Gasteiger partial charge on any atom is 0.120 e. The van der Waals surface area contributed by atoms with Crippen LogP contribution in [0.1, 0.15) is 18.9 Å². The SMILES string of the molecule is CC(CCO)NCc1ccccc1O. The Morgan fingerprint density at radius 2 is 2.07 bits per heavy atom. The van der Waals surface area contributed by atoms with Gasteiger partial charge < -0.3 is 15.5 Å². The van der Waals surface area contributed by atoms with Gasteiger partial charge in [-0.05, 0) is 19.4 Å². The van der Waals surface area contributed by atoms with Gasteiger partial charge in [0.15, 0.2) is 0 Å². The van der Waals surface area contributed by atoms with Crippen molar-refractivity contribution < 1.29 is 10.2 Å². The molecule has 78 valence electrons. The summed E-state index contributed by atoms with van der Waals surface area (Å²) in [5.74, 6) is 0.316. The Bertz CT molecular complexity index is 276. The standard InChI is InChI=1S/C11H17NO2/c1-9(6-7-13)12-8-10-4-2-3-5-11(10)14/h2-5,9,12-14H,6-8H2,1H3. The molecule has 1 unspecified atom stereocenters. The van der Waals surface area contributed by atoms with Crippen LogP contribution in [0.5, 0.6) is 5.75 Å². The van der Waals surface area contributed by atoms with E-state index in [0.29, 0.717) is 12.3 Å². The van der Waals surface area contributed by atoms with Crippen molar-refractivity contribution in [3.63, 3.8) is 0 Å². The Morgan fingerprint density at radius 1 is 1.36 bits per heavy atom.